The topological polar surface area (TPSA) is 71.1 Å². The largest absolute Gasteiger partial charge is 0.465 e. The van der Waals surface area contributed by atoms with E-state index in [2.05, 4.69) is 4.74 Å². The average Bonchev–Trinajstić information content (AvgIpc) is 2.46. The van der Waals surface area contributed by atoms with Crippen LogP contribution in [0.3, 0.4) is 0 Å². The third kappa shape index (κ3) is 4.84. The van der Waals surface area contributed by atoms with Crippen LogP contribution < -0.4 is 0 Å². The van der Waals surface area contributed by atoms with Crippen molar-refractivity contribution in [2.45, 2.75) is 13.0 Å². The van der Waals surface area contributed by atoms with Crippen molar-refractivity contribution in [3.63, 3.8) is 0 Å². The van der Waals surface area contributed by atoms with E-state index in [9.17, 15) is 9.59 Å². The summed E-state index contributed by atoms with van der Waals surface area (Å²) in [4.78, 5) is 23.6. The van der Waals surface area contributed by atoms with Gasteiger partial charge >= 0.3 is 11.9 Å². The quantitative estimate of drug-likeness (QED) is 0.712. The van der Waals surface area contributed by atoms with Gasteiger partial charge in [-0.15, -0.1) is 0 Å². The molecule has 0 bridgehead atoms. The predicted octanol–water partition coefficient (Wildman–Crippen LogP) is 1.60. The fourth-order valence-corrected chi connectivity index (χ4v) is 1.84. The molecule has 1 aromatic carbocycles. The van der Waals surface area contributed by atoms with Crippen LogP contribution in [-0.4, -0.2) is 52.6 Å². The van der Waals surface area contributed by atoms with Crippen LogP contribution in [0.1, 0.15) is 26.3 Å². The summed E-state index contributed by atoms with van der Waals surface area (Å²) in [6.07, 6.45) is -0.479. The smallest absolute Gasteiger partial charge is 0.338 e. The van der Waals surface area contributed by atoms with Crippen LogP contribution in [0.15, 0.2) is 18.2 Å². The molecule has 0 saturated heterocycles. The van der Waals surface area contributed by atoms with E-state index in [0.29, 0.717) is 16.7 Å². The number of benzene rings is 1. The van der Waals surface area contributed by atoms with Crippen LogP contribution in [0.2, 0.25) is 0 Å². The Morgan fingerprint density at radius 1 is 1.05 bits per heavy atom. The highest BCUT2D eigenvalue weighted by Crippen LogP contribution is 2.14. The summed E-state index contributed by atoms with van der Waals surface area (Å²) in [6, 6.07) is 4.65. The molecule has 0 aliphatic heterocycles. The van der Waals surface area contributed by atoms with Gasteiger partial charge in [-0.25, -0.2) is 9.59 Å². The summed E-state index contributed by atoms with van der Waals surface area (Å²) in [5.74, 6) is -0.933. The molecule has 6 nitrogen and oxygen atoms in total. The number of hydrogen-bond acceptors (Lipinski definition) is 6. The van der Waals surface area contributed by atoms with Crippen molar-refractivity contribution in [2.24, 2.45) is 0 Å². The minimum Gasteiger partial charge on any atom is -0.465 e. The zero-order chi connectivity index (χ0) is 15.8. The fourth-order valence-electron chi connectivity index (χ4n) is 1.84. The molecular weight excluding hydrogens is 276 g/mol. The first-order chi connectivity index (χ1) is 10.0. The fraction of sp³-hybridized carbons (Fsp3) is 0.467. The van der Waals surface area contributed by atoms with E-state index in [-0.39, 0.29) is 13.2 Å². The van der Waals surface area contributed by atoms with Crippen LogP contribution in [-0.2, 0) is 18.9 Å². The maximum absolute atomic E-state index is 12.1. The molecule has 0 aliphatic rings. The Hall–Kier alpha value is -1.92. The van der Waals surface area contributed by atoms with Gasteiger partial charge < -0.3 is 18.9 Å². The molecule has 21 heavy (non-hydrogen) atoms. The second-order valence-corrected chi connectivity index (χ2v) is 4.46. The molecule has 0 spiro atoms. The van der Waals surface area contributed by atoms with Gasteiger partial charge in [-0.1, -0.05) is 0 Å². The minimum absolute atomic E-state index is 0.249. The van der Waals surface area contributed by atoms with Gasteiger partial charge in [-0.05, 0) is 30.7 Å². The van der Waals surface area contributed by atoms with Gasteiger partial charge in [0, 0.05) is 14.2 Å². The van der Waals surface area contributed by atoms with Gasteiger partial charge in [0.1, 0.15) is 6.10 Å². The summed E-state index contributed by atoms with van der Waals surface area (Å²) in [6.45, 7) is 2.22. The number of hydrogen-bond donors (Lipinski definition) is 0. The zero-order valence-corrected chi connectivity index (χ0v) is 12.7. The van der Waals surface area contributed by atoms with Crippen LogP contribution in [0, 0.1) is 6.92 Å². The van der Waals surface area contributed by atoms with Crippen molar-refractivity contribution in [3.8, 4) is 0 Å². The maximum atomic E-state index is 12.1. The number of ether oxygens (including phenoxy) is 4. The Morgan fingerprint density at radius 3 is 2.14 bits per heavy atom. The number of aryl methyl sites for hydroxylation is 1. The van der Waals surface area contributed by atoms with Crippen LogP contribution in [0.4, 0.5) is 0 Å². The average molecular weight is 296 g/mol. The first-order valence-corrected chi connectivity index (χ1v) is 6.41. The number of methoxy groups -OCH3 is 3. The number of esters is 2. The lowest BCUT2D eigenvalue weighted by Crippen LogP contribution is -2.28. The molecule has 0 unspecified atom stereocenters. The summed E-state index contributed by atoms with van der Waals surface area (Å²) >= 11 is 0. The summed E-state index contributed by atoms with van der Waals surface area (Å²) in [5, 5.41) is 0. The van der Waals surface area contributed by atoms with Crippen molar-refractivity contribution < 1.29 is 28.5 Å². The SMILES string of the molecule is COCC(COC)OC(=O)c1ccc(C(=O)OC)cc1C. The van der Waals surface area contributed by atoms with E-state index >= 15 is 0 Å². The molecule has 116 valence electrons. The van der Waals surface area contributed by atoms with Crippen LogP contribution in [0.25, 0.3) is 0 Å². The van der Waals surface area contributed by atoms with E-state index in [4.69, 9.17) is 14.2 Å². The molecule has 0 N–H and O–H groups in total. The molecular formula is C15H20O6. The molecule has 0 saturated carbocycles. The van der Waals surface area contributed by atoms with E-state index in [1.807, 2.05) is 0 Å². The Morgan fingerprint density at radius 2 is 1.67 bits per heavy atom. The first-order valence-electron chi connectivity index (χ1n) is 6.41. The monoisotopic (exact) mass is 296 g/mol. The van der Waals surface area contributed by atoms with E-state index in [0.717, 1.165) is 0 Å². The number of carbonyl (C=O) groups is 2. The Labute approximate surface area is 123 Å². The van der Waals surface area contributed by atoms with Crippen LogP contribution in [0.5, 0.6) is 0 Å². The molecule has 0 amide bonds. The molecule has 0 aromatic heterocycles. The Balaban J connectivity index is 2.84. The lowest BCUT2D eigenvalue weighted by Gasteiger charge is -2.17. The van der Waals surface area contributed by atoms with Crippen molar-refractivity contribution >= 4 is 11.9 Å². The normalized spacial score (nSPS) is 10.5. The van der Waals surface area contributed by atoms with E-state index in [1.165, 1.54) is 27.4 Å². The molecule has 1 rings (SSSR count). The van der Waals surface area contributed by atoms with E-state index in [1.54, 1.807) is 19.1 Å². The molecule has 0 fully saturated rings. The molecule has 0 aliphatic carbocycles. The van der Waals surface area contributed by atoms with E-state index < -0.39 is 18.0 Å². The molecule has 6 heteroatoms. The van der Waals surface area contributed by atoms with Crippen molar-refractivity contribution in [3.05, 3.63) is 34.9 Å². The molecule has 1 aromatic rings. The second kappa shape index (κ2) is 8.39. The van der Waals surface area contributed by atoms with Crippen LogP contribution >= 0.6 is 0 Å². The van der Waals surface area contributed by atoms with Gasteiger partial charge in [0.2, 0.25) is 0 Å². The maximum Gasteiger partial charge on any atom is 0.338 e. The third-order valence-electron chi connectivity index (χ3n) is 2.85. The van der Waals surface area contributed by atoms with Crippen molar-refractivity contribution in [2.75, 3.05) is 34.5 Å². The van der Waals surface area contributed by atoms with Gasteiger partial charge in [0.05, 0.1) is 31.5 Å². The summed E-state index contributed by atoms with van der Waals surface area (Å²) < 4.78 is 19.9. The summed E-state index contributed by atoms with van der Waals surface area (Å²) in [7, 11) is 4.35. The Bertz CT molecular complexity index is 491. The summed E-state index contributed by atoms with van der Waals surface area (Å²) in [5.41, 5.74) is 1.41. The number of carbonyl (C=O) groups excluding carboxylic acids is 2. The molecule has 0 atom stereocenters. The third-order valence-corrected chi connectivity index (χ3v) is 2.85. The van der Waals surface area contributed by atoms with Gasteiger partial charge in [-0.2, -0.15) is 0 Å². The van der Waals surface area contributed by atoms with Crippen molar-refractivity contribution in [1.82, 2.24) is 0 Å². The molecule has 0 heterocycles. The number of rotatable bonds is 7. The lowest BCUT2D eigenvalue weighted by molar-refractivity contribution is -0.0224. The Kier molecular flexibility index (Phi) is 6.84. The van der Waals surface area contributed by atoms with Gasteiger partial charge in [0.25, 0.3) is 0 Å². The molecule has 0 radical (unpaired) electrons. The lowest BCUT2D eigenvalue weighted by atomic mass is 10.1. The standard InChI is InChI=1S/C15H20O6/c1-10-7-11(14(16)20-4)5-6-13(10)15(17)21-12(8-18-2)9-19-3/h5-7,12H,8-9H2,1-4H3. The minimum atomic E-state index is -0.483. The van der Waals surface area contributed by atoms with Gasteiger partial charge in [-0.3, -0.25) is 0 Å². The highest BCUT2D eigenvalue weighted by molar-refractivity contribution is 5.94. The van der Waals surface area contributed by atoms with Crippen molar-refractivity contribution in [1.29, 1.82) is 0 Å². The highest BCUT2D eigenvalue weighted by atomic mass is 16.6. The first kappa shape index (κ1) is 17.1. The van der Waals surface area contributed by atoms with Gasteiger partial charge in [0.15, 0.2) is 0 Å². The highest BCUT2D eigenvalue weighted by Gasteiger charge is 2.18. The zero-order valence-electron chi connectivity index (χ0n) is 12.7. The predicted molar refractivity (Wildman–Crippen MR) is 75.5 cm³/mol. The second-order valence-electron chi connectivity index (χ2n) is 4.46.